The molecule has 0 aliphatic heterocycles. The van der Waals surface area contributed by atoms with E-state index in [-0.39, 0.29) is 23.1 Å². The Balaban J connectivity index is 1.88. The van der Waals surface area contributed by atoms with E-state index in [4.69, 9.17) is 4.74 Å². The van der Waals surface area contributed by atoms with Gasteiger partial charge in [-0.2, -0.15) is 4.98 Å². The summed E-state index contributed by atoms with van der Waals surface area (Å²) in [5.74, 6) is 0.0620. The molecule has 1 N–H and O–H groups in total. The summed E-state index contributed by atoms with van der Waals surface area (Å²) in [5.41, 5.74) is 1.90. The number of aromatic nitrogens is 3. The fourth-order valence-electron chi connectivity index (χ4n) is 2.75. The lowest BCUT2D eigenvalue weighted by Gasteiger charge is -2.17. The molecule has 0 unspecified atom stereocenters. The van der Waals surface area contributed by atoms with Gasteiger partial charge in [0.25, 0.3) is 0 Å². The van der Waals surface area contributed by atoms with Crippen LogP contribution in [0.2, 0.25) is 0 Å². The Morgan fingerprint density at radius 3 is 2.50 bits per heavy atom. The smallest absolute Gasteiger partial charge is 0.336 e. The molecule has 0 aliphatic rings. The minimum atomic E-state index is -0.358. The number of methoxy groups -OCH3 is 1. The molecule has 0 aliphatic carbocycles. The maximum Gasteiger partial charge on any atom is 0.336 e. The average Bonchev–Trinajstić information content (AvgIpc) is 3.05. The number of hydrogen-bond acceptors (Lipinski definition) is 4. The van der Waals surface area contributed by atoms with E-state index >= 15 is 0 Å². The molecule has 0 saturated carbocycles. The van der Waals surface area contributed by atoms with Crippen LogP contribution < -0.4 is 10.1 Å². The molecule has 3 rings (SSSR count). The minimum Gasteiger partial charge on any atom is -0.466 e. The highest BCUT2D eigenvalue weighted by Gasteiger charge is 2.17. The molecule has 0 saturated heterocycles. The van der Waals surface area contributed by atoms with Gasteiger partial charge in [0.2, 0.25) is 5.91 Å². The SMILES string of the molecule is COc1nc(-c2cccc(F)c2)n(-c2ccc(NC(=O)CC(C)(C)C)cc2)n1. The maximum atomic E-state index is 13.6. The van der Waals surface area contributed by atoms with Gasteiger partial charge in [-0.3, -0.25) is 4.79 Å². The third-order valence-electron chi connectivity index (χ3n) is 3.94. The Bertz CT molecular complexity index is 975. The number of carbonyl (C=O) groups is 1. The van der Waals surface area contributed by atoms with Crippen LogP contribution in [0.4, 0.5) is 10.1 Å². The second-order valence-electron chi connectivity index (χ2n) is 7.68. The molecule has 146 valence electrons. The lowest BCUT2D eigenvalue weighted by atomic mass is 9.92. The van der Waals surface area contributed by atoms with Gasteiger partial charge in [-0.05, 0) is 41.8 Å². The van der Waals surface area contributed by atoms with Crippen molar-refractivity contribution in [1.29, 1.82) is 0 Å². The number of carbonyl (C=O) groups excluding carboxylic acids is 1. The summed E-state index contributed by atoms with van der Waals surface area (Å²) in [6.07, 6.45) is 0.429. The summed E-state index contributed by atoms with van der Waals surface area (Å²) in [6.45, 7) is 6.05. The fourth-order valence-corrected chi connectivity index (χ4v) is 2.75. The molecule has 6 nitrogen and oxygen atoms in total. The zero-order valence-corrected chi connectivity index (χ0v) is 16.4. The van der Waals surface area contributed by atoms with Gasteiger partial charge in [0.05, 0.1) is 12.8 Å². The molecule has 0 atom stereocenters. The minimum absolute atomic E-state index is 0.0388. The molecule has 7 heteroatoms. The number of nitrogens with one attached hydrogen (secondary N) is 1. The van der Waals surface area contributed by atoms with E-state index in [2.05, 4.69) is 15.4 Å². The standard InChI is InChI=1S/C21H23FN4O2/c1-21(2,3)13-18(27)23-16-8-10-17(11-9-16)26-19(24-20(25-26)28-4)14-6-5-7-15(22)12-14/h5-12H,13H2,1-4H3,(H,23,27). The Hall–Kier alpha value is -3.22. The predicted molar refractivity (Wildman–Crippen MR) is 106 cm³/mol. The van der Waals surface area contributed by atoms with Crippen LogP contribution in [0.15, 0.2) is 48.5 Å². The predicted octanol–water partition coefficient (Wildman–Crippen LogP) is 4.46. The number of nitrogens with zero attached hydrogens (tertiary/aromatic N) is 3. The highest BCUT2D eigenvalue weighted by Crippen LogP contribution is 2.25. The Kier molecular flexibility index (Phi) is 5.44. The quantitative estimate of drug-likeness (QED) is 0.707. The zero-order valence-electron chi connectivity index (χ0n) is 16.4. The molecule has 2 aromatic carbocycles. The Morgan fingerprint density at radius 2 is 1.89 bits per heavy atom. The summed E-state index contributed by atoms with van der Waals surface area (Å²) in [5, 5.41) is 7.21. The van der Waals surface area contributed by atoms with Crippen LogP contribution in [0.25, 0.3) is 17.1 Å². The normalized spacial score (nSPS) is 11.3. The van der Waals surface area contributed by atoms with E-state index in [9.17, 15) is 9.18 Å². The van der Waals surface area contributed by atoms with Crippen molar-refractivity contribution < 1.29 is 13.9 Å². The number of anilines is 1. The molecule has 1 heterocycles. The molecular formula is C21H23FN4O2. The highest BCUT2D eigenvalue weighted by atomic mass is 19.1. The van der Waals surface area contributed by atoms with Crippen LogP contribution in [-0.4, -0.2) is 27.8 Å². The van der Waals surface area contributed by atoms with Gasteiger partial charge in [0.1, 0.15) is 5.82 Å². The van der Waals surface area contributed by atoms with Crippen molar-refractivity contribution in [2.75, 3.05) is 12.4 Å². The number of hydrogen-bond donors (Lipinski definition) is 1. The highest BCUT2D eigenvalue weighted by molar-refractivity contribution is 5.91. The first-order valence-corrected chi connectivity index (χ1v) is 8.92. The molecule has 3 aromatic rings. The monoisotopic (exact) mass is 382 g/mol. The molecule has 0 fully saturated rings. The van der Waals surface area contributed by atoms with E-state index in [1.807, 2.05) is 32.9 Å². The second-order valence-corrected chi connectivity index (χ2v) is 7.68. The van der Waals surface area contributed by atoms with Gasteiger partial charge < -0.3 is 10.1 Å². The summed E-state index contributed by atoms with van der Waals surface area (Å²) in [7, 11) is 1.48. The van der Waals surface area contributed by atoms with Gasteiger partial charge in [0.15, 0.2) is 5.82 Å². The number of rotatable bonds is 5. The maximum absolute atomic E-state index is 13.6. The van der Waals surface area contributed by atoms with Crippen molar-refractivity contribution in [3.63, 3.8) is 0 Å². The van der Waals surface area contributed by atoms with Crippen LogP contribution in [0.3, 0.4) is 0 Å². The van der Waals surface area contributed by atoms with Crippen LogP contribution >= 0.6 is 0 Å². The van der Waals surface area contributed by atoms with Crippen LogP contribution in [0.5, 0.6) is 6.01 Å². The Morgan fingerprint density at radius 1 is 1.18 bits per heavy atom. The van der Waals surface area contributed by atoms with Gasteiger partial charge >= 0.3 is 6.01 Å². The van der Waals surface area contributed by atoms with Crippen molar-refractivity contribution >= 4 is 11.6 Å². The first-order chi connectivity index (χ1) is 13.2. The summed E-state index contributed by atoms with van der Waals surface area (Å²) >= 11 is 0. The van der Waals surface area contributed by atoms with Gasteiger partial charge in [-0.15, -0.1) is 5.10 Å². The number of halogens is 1. The van der Waals surface area contributed by atoms with Crippen molar-refractivity contribution in [2.24, 2.45) is 5.41 Å². The molecule has 0 radical (unpaired) electrons. The molecule has 1 amide bonds. The summed E-state index contributed by atoms with van der Waals surface area (Å²) in [6, 6.07) is 13.5. The number of amides is 1. The topological polar surface area (TPSA) is 69.0 Å². The zero-order chi connectivity index (χ0) is 20.3. The lowest BCUT2D eigenvalue weighted by molar-refractivity contribution is -0.117. The molecular weight excluding hydrogens is 359 g/mol. The Labute approximate surface area is 163 Å². The largest absolute Gasteiger partial charge is 0.466 e. The van der Waals surface area contributed by atoms with E-state index in [0.29, 0.717) is 29.2 Å². The van der Waals surface area contributed by atoms with E-state index in [1.54, 1.807) is 28.9 Å². The second kappa shape index (κ2) is 7.80. The first kappa shape index (κ1) is 19.5. The lowest BCUT2D eigenvalue weighted by Crippen LogP contribution is -2.19. The van der Waals surface area contributed by atoms with E-state index in [1.165, 1.54) is 19.2 Å². The van der Waals surface area contributed by atoms with Crippen molar-refractivity contribution in [3.8, 4) is 23.1 Å². The van der Waals surface area contributed by atoms with E-state index in [0.717, 1.165) is 0 Å². The van der Waals surface area contributed by atoms with Crippen LogP contribution in [0.1, 0.15) is 27.2 Å². The number of benzene rings is 2. The first-order valence-electron chi connectivity index (χ1n) is 8.92. The molecule has 28 heavy (non-hydrogen) atoms. The molecule has 0 spiro atoms. The molecule has 1 aromatic heterocycles. The average molecular weight is 382 g/mol. The molecule has 0 bridgehead atoms. The van der Waals surface area contributed by atoms with Crippen LogP contribution in [-0.2, 0) is 4.79 Å². The van der Waals surface area contributed by atoms with Gasteiger partial charge in [0, 0.05) is 17.7 Å². The van der Waals surface area contributed by atoms with Crippen molar-refractivity contribution in [1.82, 2.24) is 14.8 Å². The number of ether oxygens (including phenoxy) is 1. The fraction of sp³-hybridized carbons (Fsp3) is 0.286. The summed E-state index contributed by atoms with van der Waals surface area (Å²) < 4.78 is 20.4. The van der Waals surface area contributed by atoms with Crippen LogP contribution in [0, 0.1) is 11.2 Å². The van der Waals surface area contributed by atoms with E-state index < -0.39 is 0 Å². The third-order valence-corrected chi connectivity index (χ3v) is 3.94. The van der Waals surface area contributed by atoms with Crippen molar-refractivity contribution in [3.05, 3.63) is 54.3 Å². The van der Waals surface area contributed by atoms with Crippen molar-refractivity contribution in [2.45, 2.75) is 27.2 Å². The third kappa shape index (κ3) is 4.73. The summed E-state index contributed by atoms with van der Waals surface area (Å²) in [4.78, 5) is 16.4. The van der Waals surface area contributed by atoms with Gasteiger partial charge in [-0.25, -0.2) is 9.07 Å². The van der Waals surface area contributed by atoms with Gasteiger partial charge in [-0.1, -0.05) is 32.9 Å².